The number of halogens is 3. The maximum absolute atomic E-state index is 12.9. The summed E-state index contributed by atoms with van der Waals surface area (Å²) in [5.74, 6) is -0.834. The van der Waals surface area contributed by atoms with Crippen LogP contribution < -0.4 is 15.8 Å². The lowest BCUT2D eigenvalue weighted by atomic mass is 10.0. The Morgan fingerprint density at radius 2 is 1.94 bits per heavy atom. The fourth-order valence-corrected chi connectivity index (χ4v) is 4.25. The molecule has 1 amide bonds. The molecule has 0 spiro atoms. The van der Waals surface area contributed by atoms with Crippen molar-refractivity contribution in [3.05, 3.63) is 71.5 Å². The van der Waals surface area contributed by atoms with Gasteiger partial charge in [0.25, 0.3) is 5.91 Å². The van der Waals surface area contributed by atoms with Crippen molar-refractivity contribution in [2.24, 2.45) is 0 Å². The second-order valence-electron chi connectivity index (χ2n) is 7.37. The highest BCUT2D eigenvalue weighted by molar-refractivity contribution is 7.22. The Morgan fingerprint density at radius 3 is 2.70 bits per heavy atom. The van der Waals surface area contributed by atoms with Crippen LogP contribution in [-0.2, 0) is 0 Å². The van der Waals surface area contributed by atoms with Gasteiger partial charge in [-0.15, -0.1) is 13.2 Å². The van der Waals surface area contributed by atoms with E-state index < -0.39 is 18.3 Å². The Labute approximate surface area is 191 Å². The maximum Gasteiger partial charge on any atom is 0.573 e. The molecule has 0 fully saturated rings. The first-order valence-electron chi connectivity index (χ1n) is 9.89. The fraction of sp³-hybridized carbons (Fsp3) is 0.174. The van der Waals surface area contributed by atoms with Crippen LogP contribution in [0.5, 0.6) is 5.75 Å². The summed E-state index contributed by atoms with van der Waals surface area (Å²) in [4.78, 5) is 21.5. The van der Waals surface area contributed by atoms with Crippen molar-refractivity contribution < 1.29 is 22.7 Å². The van der Waals surface area contributed by atoms with Crippen molar-refractivity contribution in [1.29, 1.82) is 0 Å². The van der Waals surface area contributed by atoms with E-state index in [0.29, 0.717) is 5.13 Å². The Morgan fingerprint density at radius 1 is 1.18 bits per heavy atom. The highest BCUT2D eigenvalue weighted by Gasteiger charge is 2.32. The van der Waals surface area contributed by atoms with Crippen LogP contribution in [0.2, 0.25) is 0 Å². The number of nitrogen functional groups attached to an aromatic ring is 1. The van der Waals surface area contributed by atoms with Gasteiger partial charge in [0.1, 0.15) is 5.75 Å². The van der Waals surface area contributed by atoms with Gasteiger partial charge < -0.3 is 15.8 Å². The molecule has 1 atom stereocenters. The molecule has 6 nitrogen and oxygen atoms in total. The summed E-state index contributed by atoms with van der Waals surface area (Å²) in [5, 5.41) is 3.19. The topological polar surface area (TPSA) is 90.1 Å². The zero-order chi connectivity index (χ0) is 23.8. The summed E-state index contributed by atoms with van der Waals surface area (Å²) in [6, 6.07) is 12.3. The van der Waals surface area contributed by atoms with Gasteiger partial charge in [-0.3, -0.25) is 9.78 Å². The van der Waals surface area contributed by atoms with E-state index in [0.717, 1.165) is 27.0 Å². The maximum atomic E-state index is 12.9. The van der Waals surface area contributed by atoms with Crippen molar-refractivity contribution in [1.82, 2.24) is 15.3 Å². The summed E-state index contributed by atoms with van der Waals surface area (Å²) < 4.78 is 43.2. The molecule has 3 N–H and O–H groups in total. The van der Waals surface area contributed by atoms with E-state index in [-0.39, 0.29) is 16.9 Å². The molecule has 4 rings (SSSR count). The van der Waals surface area contributed by atoms with Crippen LogP contribution in [0.1, 0.15) is 34.6 Å². The molecule has 2 aromatic carbocycles. The molecular formula is C23H19F3N4O2S. The molecule has 0 aliphatic heterocycles. The quantitative estimate of drug-likeness (QED) is 0.392. The normalized spacial score (nSPS) is 12.5. The summed E-state index contributed by atoms with van der Waals surface area (Å²) in [6.45, 7) is 3.41. The number of para-hydroxylation sites is 1. The highest BCUT2D eigenvalue weighted by Crippen LogP contribution is 2.32. The first kappa shape index (κ1) is 22.5. The van der Waals surface area contributed by atoms with Crippen LogP contribution in [0.3, 0.4) is 0 Å². The number of nitrogens with one attached hydrogen (secondary N) is 1. The SMILES string of the molecule is Cc1ncc(C(=O)NC(C)c2ccccc2OC(F)(F)F)cc1-c1ccc2nc(N)sc2c1. The molecular weight excluding hydrogens is 453 g/mol. The van der Waals surface area contributed by atoms with Gasteiger partial charge in [0.05, 0.1) is 21.8 Å². The number of alkyl halides is 3. The van der Waals surface area contributed by atoms with Crippen LogP contribution >= 0.6 is 11.3 Å². The smallest absolute Gasteiger partial charge is 0.405 e. The highest BCUT2D eigenvalue weighted by atomic mass is 32.1. The van der Waals surface area contributed by atoms with E-state index in [9.17, 15) is 18.0 Å². The zero-order valence-corrected chi connectivity index (χ0v) is 18.4. The number of ether oxygens (including phenoxy) is 1. The molecule has 1 unspecified atom stereocenters. The van der Waals surface area contributed by atoms with Crippen LogP contribution in [-0.4, -0.2) is 22.2 Å². The number of carbonyl (C=O) groups is 1. The second kappa shape index (κ2) is 8.70. The molecule has 0 saturated carbocycles. The van der Waals surface area contributed by atoms with Crippen LogP contribution in [0, 0.1) is 6.92 Å². The number of benzene rings is 2. The van der Waals surface area contributed by atoms with Crippen LogP contribution in [0.15, 0.2) is 54.7 Å². The number of hydrogen-bond acceptors (Lipinski definition) is 6. The average Bonchev–Trinajstić information content (AvgIpc) is 3.12. The van der Waals surface area contributed by atoms with E-state index in [4.69, 9.17) is 5.73 Å². The molecule has 2 aromatic heterocycles. The molecule has 0 bridgehead atoms. The number of amides is 1. The Hall–Kier alpha value is -3.66. The van der Waals surface area contributed by atoms with Gasteiger partial charge in [-0.2, -0.15) is 0 Å². The average molecular weight is 472 g/mol. The Balaban J connectivity index is 1.59. The third kappa shape index (κ3) is 5.06. The number of pyridine rings is 1. The summed E-state index contributed by atoms with van der Waals surface area (Å²) >= 11 is 1.36. The lowest BCUT2D eigenvalue weighted by Gasteiger charge is -2.19. The molecule has 170 valence electrons. The summed E-state index contributed by atoms with van der Waals surface area (Å²) in [5.41, 5.74) is 9.38. The monoisotopic (exact) mass is 472 g/mol. The number of carbonyl (C=O) groups excluding carboxylic acids is 1. The first-order chi connectivity index (χ1) is 15.6. The summed E-state index contributed by atoms with van der Waals surface area (Å²) in [6.07, 6.45) is -3.40. The number of anilines is 1. The number of aromatic nitrogens is 2. The number of thiazole rings is 1. The number of aryl methyl sites for hydroxylation is 1. The third-order valence-electron chi connectivity index (χ3n) is 5.02. The fourth-order valence-electron chi connectivity index (χ4n) is 3.47. The van der Waals surface area contributed by atoms with E-state index in [1.165, 1.54) is 35.7 Å². The standard InChI is InChI=1S/C23H19F3N4O2S/c1-12-17(14-7-8-18-20(10-14)33-22(27)30-18)9-15(11-28-12)21(31)29-13(2)16-5-3-4-6-19(16)32-23(24,25)26/h3-11,13H,1-2H3,(H2,27,30)(H,29,31). The van der Waals surface area contributed by atoms with Gasteiger partial charge in [0.2, 0.25) is 0 Å². The van der Waals surface area contributed by atoms with Gasteiger partial charge in [-0.25, -0.2) is 4.98 Å². The summed E-state index contributed by atoms with van der Waals surface area (Å²) in [7, 11) is 0. The largest absolute Gasteiger partial charge is 0.573 e. The predicted molar refractivity (Wildman–Crippen MR) is 121 cm³/mol. The number of nitrogens with zero attached hydrogens (tertiary/aromatic N) is 2. The molecule has 0 aliphatic carbocycles. The molecule has 0 radical (unpaired) electrons. The number of rotatable bonds is 5. The molecule has 10 heteroatoms. The number of hydrogen-bond donors (Lipinski definition) is 2. The van der Waals surface area contributed by atoms with E-state index in [2.05, 4.69) is 20.0 Å². The van der Waals surface area contributed by atoms with Gasteiger partial charge >= 0.3 is 6.36 Å². The van der Waals surface area contributed by atoms with Gasteiger partial charge in [0, 0.05) is 23.0 Å². The van der Waals surface area contributed by atoms with Crippen molar-refractivity contribution in [2.45, 2.75) is 26.3 Å². The van der Waals surface area contributed by atoms with Gasteiger partial charge in [-0.1, -0.05) is 35.6 Å². The van der Waals surface area contributed by atoms with Gasteiger partial charge in [-0.05, 0) is 43.7 Å². The lowest BCUT2D eigenvalue weighted by molar-refractivity contribution is -0.275. The van der Waals surface area contributed by atoms with Crippen LogP contribution in [0.4, 0.5) is 18.3 Å². The zero-order valence-electron chi connectivity index (χ0n) is 17.6. The lowest BCUT2D eigenvalue weighted by Crippen LogP contribution is -2.28. The molecule has 33 heavy (non-hydrogen) atoms. The van der Waals surface area contributed by atoms with Crippen molar-refractivity contribution >= 4 is 32.6 Å². The third-order valence-corrected chi connectivity index (χ3v) is 5.87. The number of fused-ring (bicyclic) bond motifs is 1. The molecule has 0 aliphatic rings. The van der Waals surface area contributed by atoms with Crippen LogP contribution in [0.25, 0.3) is 21.3 Å². The van der Waals surface area contributed by atoms with E-state index in [1.54, 1.807) is 19.1 Å². The minimum absolute atomic E-state index is 0.205. The van der Waals surface area contributed by atoms with Crippen molar-refractivity contribution in [3.63, 3.8) is 0 Å². The van der Waals surface area contributed by atoms with E-state index in [1.807, 2.05) is 25.1 Å². The van der Waals surface area contributed by atoms with Crippen molar-refractivity contribution in [3.8, 4) is 16.9 Å². The first-order valence-corrected chi connectivity index (χ1v) is 10.7. The Bertz CT molecular complexity index is 1340. The van der Waals surface area contributed by atoms with Crippen molar-refractivity contribution in [2.75, 3.05) is 5.73 Å². The molecule has 0 saturated heterocycles. The van der Waals surface area contributed by atoms with E-state index >= 15 is 0 Å². The molecule has 2 heterocycles. The number of nitrogens with two attached hydrogens (primary N) is 1. The minimum Gasteiger partial charge on any atom is -0.405 e. The molecule has 4 aromatic rings. The van der Waals surface area contributed by atoms with Gasteiger partial charge in [0.15, 0.2) is 5.13 Å². The second-order valence-corrected chi connectivity index (χ2v) is 8.43. The minimum atomic E-state index is -4.83. The predicted octanol–water partition coefficient (Wildman–Crippen LogP) is 5.64. The Kier molecular flexibility index (Phi) is 5.94.